The lowest BCUT2D eigenvalue weighted by Gasteiger charge is -2.20. The minimum atomic E-state index is -3.20. The highest BCUT2D eigenvalue weighted by molar-refractivity contribution is 7.90. The van der Waals surface area contributed by atoms with E-state index in [0.717, 1.165) is 108 Å². The van der Waals surface area contributed by atoms with E-state index < -0.39 is 31.3 Å². The lowest BCUT2D eigenvalue weighted by atomic mass is 9.88. The molecule has 0 spiro atoms. The number of carbonyl (C=O) groups is 2. The first kappa shape index (κ1) is 60.0. The fraction of sp³-hybridized carbons (Fsp3) is 0.254. The van der Waals surface area contributed by atoms with Gasteiger partial charge in [-0.25, -0.2) is 35.6 Å². The molecule has 8 aromatic heterocycles. The summed E-state index contributed by atoms with van der Waals surface area (Å²) in [5, 5.41) is 23.0. The number of H-pyrrole nitrogens is 4. The van der Waals surface area contributed by atoms with Crippen molar-refractivity contribution in [3.05, 3.63) is 157 Å². The number of aromatic nitrogens is 12. The van der Waals surface area contributed by atoms with Crippen LogP contribution in [0.25, 0.3) is 111 Å². The molecule has 0 atom stereocenters. The molecule has 12 aromatic rings. The molecule has 0 saturated heterocycles. The van der Waals surface area contributed by atoms with Gasteiger partial charge in [0.25, 0.3) is 0 Å². The summed E-state index contributed by atoms with van der Waals surface area (Å²) in [6.45, 7) is 0. The lowest BCUT2D eigenvalue weighted by Crippen LogP contribution is -2.24. The maximum Gasteiger partial charge on any atom is 0.227 e. The Hall–Kier alpha value is -9.94. The van der Waals surface area contributed by atoms with Gasteiger partial charge in [0.05, 0.1) is 80.8 Å². The van der Waals surface area contributed by atoms with Gasteiger partial charge in [-0.2, -0.15) is 10.2 Å². The molecule has 91 heavy (non-hydrogen) atoms. The zero-order chi connectivity index (χ0) is 63.0. The molecule has 2 aliphatic rings. The quantitative estimate of drug-likeness (QED) is 0.0524. The molecule has 0 unspecified atom stereocenters. The lowest BCUT2D eigenvalue weighted by molar-refractivity contribution is -0.121. The van der Waals surface area contributed by atoms with Crippen LogP contribution in [-0.2, 0) is 42.1 Å². The fourth-order valence-corrected chi connectivity index (χ4v) is 13.4. The van der Waals surface area contributed by atoms with Crippen molar-refractivity contribution in [2.24, 2.45) is 11.8 Å². The van der Waals surface area contributed by atoms with E-state index in [1.165, 1.54) is 30.7 Å². The Morgan fingerprint density at radius 3 is 1.32 bits per heavy atom. The van der Waals surface area contributed by atoms with Crippen LogP contribution in [-0.4, -0.2) is 113 Å². The number of hydrogen-bond donors (Lipinski definition) is 6. The smallest absolute Gasteiger partial charge is 0.227 e. The van der Waals surface area contributed by atoms with Crippen LogP contribution in [0.15, 0.2) is 135 Å². The Morgan fingerprint density at radius 1 is 0.473 bits per heavy atom. The van der Waals surface area contributed by atoms with Crippen molar-refractivity contribution in [1.82, 2.24) is 60.3 Å². The summed E-state index contributed by atoms with van der Waals surface area (Å²) in [7, 11) is -6.40. The number of carbonyl (C=O) groups excluding carboxylic acids is 2. The molecule has 4 aromatic carbocycles. The summed E-state index contributed by atoms with van der Waals surface area (Å²) < 4.78 is 76.0. The summed E-state index contributed by atoms with van der Waals surface area (Å²) >= 11 is 0. The highest BCUT2D eigenvalue weighted by atomic mass is 32.2. The molecule has 0 bridgehead atoms. The standard InChI is InChI=1S/C34H32FN7O3S.C33H30FN7O3S/c1-46(44,45)10-9-20-11-23(13-25(35)12-20)28-18-37-19-30-31(28)40-33(39-30)32-27-15-22(7-8-29(27)41-42-32)24-14-26(17-36-16-24)38-34(43)21-5-3-2-4-6-21;1-45(43,44)9-8-19-10-22(12-24(34)11-19)27-17-36-18-29-30(27)39-32(38-29)31-26-14-21(6-7-28(26)40-41-31)23-13-25(16-35-15-23)37-33(42)20-4-2-3-5-20/h7-8,11-19,21H,2-6,9-10H2,1H3,(H,38,43)(H,39,40)(H,41,42);6-7,10-18,20H,2-5,8-9H2,1H3,(H,37,42)(H,38,39)(H,40,41). The Morgan fingerprint density at radius 2 is 0.890 bits per heavy atom. The Balaban J connectivity index is 0.000000167. The maximum absolute atomic E-state index is 14.6. The molecule has 2 saturated carbocycles. The number of fused-ring (bicyclic) bond motifs is 4. The molecular weight excluding hydrogens is 1200 g/mol. The molecule has 2 amide bonds. The second-order valence-corrected chi connectivity index (χ2v) is 28.2. The highest BCUT2D eigenvalue weighted by Crippen LogP contribution is 2.37. The zero-order valence-corrected chi connectivity index (χ0v) is 51.3. The van der Waals surface area contributed by atoms with Crippen LogP contribution in [0, 0.1) is 23.5 Å². The minimum absolute atomic E-state index is 0.0427. The van der Waals surface area contributed by atoms with Crippen LogP contribution in [0.1, 0.15) is 68.9 Å². The topological polar surface area (TPSA) is 293 Å². The number of halogens is 2. The zero-order valence-electron chi connectivity index (χ0n) is 49.6. The van der Waals surface area contributed by atoms with Gasteiger partial charge in [-0.3, -0.25) is 39.7 Å². The number of rotatable bonds is 16. The first-order chi connectivity index (χ1) is 43.9. The van der Waals surface area contributed by atoms with Crippen LogP contribution < -0.4 is 10.6 Å². The third-order valence-corrected chi connectivity index (χ3v) is 18.7. The third kappa shape index (κ3) is 13.6. The van der Waals surface area contributed by atoms with Gasteiger partial charge in [-0.1, -0.05) is 56.4 Å². The predicted octanol–water partition coefficient (Wildman–Crippen LogP) is 12.6. The summed E-state index contributed by atoms with van der Waals surface area (Å²) in [5.41, 5.74) is 13.6. The molecule has 6 N–H and O–H groups in total. The average molecular weight is 1260 g/mol. The number of amides is 2. The van der Waals surface area contributed by atoms with E-state index in [0.29, 0.717) is 89.9 Å². The van der Waals surface area contributed by atoms with E-state index in [1.54, 1.807) is 61.7 Å². The van der Waals surface area contributed by atoms with Crippen LogP contribution in [0.2, 0.25) is 0 Å². The molecule has 20 nitrogen and oxygen atoms in total. The van der Waals surface area contributed by atoms with E-state index in [4.69, 9.17) is 9.97 Å². The van der Waals surface area contributed by atoms with Gasteiger partial charge < -0.3 is 20.6 Å². The molecule has 8 heterocycles. The van der Waals surface area contributed by atoms with Crippen molar-refractivity contribution < 1.29 is 35.2 Å². The van der Waals surface area contributed by atoms with Gasteiger partial charge >= 0.3 is 0 Å². The molecule has 0 aliphatic heterocycles. The number of aryl methyl sites for hydroxylation is 2. The second-order valence-electron chi connectivity index (χ2n) is 23.7. The van der Waals surface area contributed by atoms with Crippen molar-refractivity contribution in [2.45, 2.75) is 70.6 Å². The van der Waals surface area contributed by atoms with Gasteiger partial charge in [-0.05, 0) is 133 Å². The van der Waals surface area contributed by atoms with Crippen LogP contribution in [0.4, 0.5) is 20.2 Å². The molecule has 0 radical (unpaired) electrons. The van der Waals surface area contributed by atoms with Crippen LogP contribution >= 0.6 is 0 Å². The van der Waals surface area contributed by atoms with E-state index >= 15 is 0 Å². The number of aromatic amines is 4. The van der Waals surface area contributed by atoms with Crippen LogP contribution in [0.5, 0.6) is 0 Å². The Labute approximate surface area is 521 Å². The summed E-state index contributed by atoms with van der Waals surface area (Å²) in [6.07, 6.45) is 25.4. The van der Waals surface area contributed by atoms with Crippen molar-refractivity contribution in [1.29, 1.82) is 0 Å². The van der Waals surface area contributed by atoms with Gasteiger partial charge in [0, 0.05) is 82.2 Å². The van der Waals surface area contributed by atoms with Gasteiger partial charge in [0.1, 0.15) is 42.7 Å². The summed E-state index contributed by atoms with van der Waals surface area (Å²) in [4.78, 5) is 59.3. The molecule has 14 rings (SSSR count). The number of sulfone groups is 2. The number of pyridine rings is 4. The van der Waals surface area contributed by atoms with E-state index in [1.807, 2.05) is 48.5 Å². The number of benzene rings is 4. The first-order valence-corrected chi connectivity index (χ1v) is 34.1. The van der Waals surface area contributed by atoms with Crippen molar-refractivity contribution >= 4 is 86.7 Å². The molecule has 2 aliphatic carbocycles. The molecule has 2 fully saturated rings. The van der Waals surface area contributed by atoms with Crippen molar-refractivity contribution in [3.8, 4) is 67.5 Å². The van der Waals surface area contributed by atoms with E-state index in [-0.39, 0.29) is 48.0 Å². The number of imidazole rings is 2. The fourth-order valence-electron chi connectivity index (χ4n) is 12.1. The van der Waals surface area contributed by atoms with Gasteiger partial charge in [0.2, 0.25) is 11.8 Å². The number of nitrogens with one attached hydrogen (secondary N) is 6. The second kappa shape index (κ2) is 25.1. The van der Waals surface area contributed by atoms with E-state index in [9.17, 15) is 35.2 Å². The number of nitrogens with zero attached hydrogens (tertiary/aromatic N) is 8. The van der Waals surface area contributed by atoms with Gasteiger partial charge in [-0.15, -0.1) is 0 Å². The van der Waals surface area contributed by atoms with E-state index in [2.05, 4.69) is 60.9 Å². The minimum Gasteiger partial charge on any atom is -0.335 e. The average Bonchev–Trinajstić information content (AvgIpc) is 1.83. The Kier molecular flexibility index (Phi) is 16.6. The van der Waals surface area contributed by atoms with Gasteiger partial charge in [0.15, 0.2) is 11.6 Å². The summed E-state index contributed by atoms with van der Waals surface area (Å²) in [5.74, 6) is 0.126. The van der Waals surface area contributed by atoms with Crippen LogP contribution in [0.3, 0.4) is 0 Å². The number of hydrogen-bond acceptors (Lipinski definition) is 14. The summed E-state index contributed by atoms with van der Waals surface area (Å²) in [6, 6.07) is 24.7. The monoisotopic (exact) mass is 1260 g/mol. The third-order valence-electron chi connectivity index (χ3n) is 16.8. The largest absolute Gasteiger partial charge is 0.335 e. The molecular formula is C67H62F2N14O6S2. The number of anilines is 2. The molecule has 24 heteroatoms. The maximum atomic E-state index is 14.6. The van der Waals surface area contributed by atoms with Crippen molar-refractivity contribution in [2.75, 3.05) is 34.7 Å². The molecule has 462 valence electrons. The predicted molar refractivity (Wildman–Crippen MR) is 348 cm³/mol. The Bertz CT molecular complexity index is 5010. The normalized spacial score (nSPS) is 14.1. The van der Waals surface area contributed by atoms with Crippen molar-refractivity contribution in [3.63, 3.8) is 0 Å². The first-order valence-electron chi connectivity index (χ1n) is 30.0. The SMILES string of the molecule is CS(=O)(=O)CCc1cc(F)cc(-c2cncc3[nH]c(-c4n[nH]c5ccc(-c6cncc(NC(=O)C7CCCC7)c6)cc45)nc23)c1.CS(=O)(=O)CCc1cc(F)cc(-c2cncc3[nH]c(-c4n[nH]c5ccc(-c6cncc(NC(=O)C7CCCCC7)c6)cc45)nc23)c1. The highest BCUT2D eigenvalue weighted by Gasteiger charge is 2.25.